The maximum Gasteiger partial charge on any atom is 0.255 e. The second-order valence-electron chi connectivity index (χ2n) is 7.24. The average Bonchev–Trinajstić information content (AvgIpc) is 2.73. The molecule has 3 heterocycles. The molecular formula is C20H24N4O4S. The lowest BCUT2D eigenvalue weighted by Gasteiger charge is -2.29. The number of pyridine rings is 1. The molecule has 0 aliphatic carbocycles. The van der Waals surface area contributed by atoms with Crippen LogP contribution in [0.15, 0.2) is 36.5 Å². The van der Waals surface area contributed by atoms with Gasteiger partial charge in [-0.1, -0.05) is 0 Å². The van der Waals surface area contributed by atoms with E-state index in [1.807, 2.05) is 12.1 Å². The number of nitrogens with one attached hydrogen (secondary N) is 1. The molecule has 1 aromatic heterocycles. The van der Waals surface area contributed by atoms with Gasteiger partial charge in [-0.25, -0.2) is 13.4 Å². The van der Waals surface area contributed by atoms with Crippen molar-refractivity contribution in [3.63, 3.8) is 0 Å². The Kier molecular flexibility index (Phi) is 5.42. The largest absolute Gasteiger partial charge is 0.378 e. The first kappa shape index (κ1) is 19.7. The molecule has 0 atom stereocenters. The molecule has 0 unspecified atom stereocenters. The maximum absolute atomic E-state index is 12.7. The Morgan fingerprint density at radius 3 is 2.62 bits per heavy atom. The molecule has 2 aliphatic rings. The van der Waals surface area contributed by atoms with Gasteiger partial charge in [-0.2, -0.15) is 0 Å². The molecule has 1 fully saturated rings. The van der Waals surface area contributed by atoms with E-state index in [0.29, 0.717) is 36.7 Å². The topological polar surface area (TPSA) is 91.8 Å². The van der Waals surface area contributed by atoms with Crippen LogP contribution in [0, 0.1) is 0 Å². The summed E-state index contributed by atoms with van der Waals surface area (Å²) in [6, 6.07) is 8.87. The van der Waals surface area contributed by atoms with Crippen LogP contribution in [0.5, 0.6) is 0 Å². The predicted octanol–water partition coefficient (Wildman–Crippen LogP) is 1.88. The Bertz CT molecular complexity index is 1000. The van der Waals surface area contributed by atoms with Crippen LogP contribution in [0.25, 0.3) is 0 Å². The van der Waals surface area contributed by atoms with Crippen molar-refractivity contribution in [3.05, 3.63) is 47.7 Å². The van der Waals surface area contributed by atoms with Crippen LogP contribution in [0.3, 0.4) is 0 Å². The summed E-state index contributed by atoms with van der Waals surface area (Å²) in [5, 5.41) is 2.86. The number of fused-ring (bicyclic) bond motifs is 1. The third-order valence-electron chi connectivity index (χ3n) is 5.16. The van der Waals surface area contributed by atoms with Crippen LogP contribution in [0.2, 0.25) is 0 Å². The Hall–Kier alpha value is -2.65. The highest BCUT2D eigenvalue weighted by Crippen LogP contribution is 2.30. The molecule has 4 rings (SSSR count). The monoisotopic (exact) mass is 416 g/mol. The third-order valence-corrected chi connectivity index (χ3v) is 6.34. The first-order chi connectivity index (χ1) is 13.9. The lowest BCUT2D eigenvalue weighted by molar-refractivity contribution is 0.102. The quantitative estimate of drug-likeness (QED) is 0.818. The number of anilines is 3. The van der Waals surface area contributed by atoms with E-state index in [9.17, 15) is 13.2 Å². The smallest absolute Gasteiger partial charge is 0.255 e. The summed E-state index contributed by atoms with van der Waals surface area (Å²) in [4.78, 5) is 19.3. The fourth-order valence-corrected chi connectivity index (χ4v) is 4.69. The van der Waals surface area contributed by atoms with Crippen LogP contribution in [0.1, 0.15) is 22.3 Å². The Morgan fingerprint density at radius 1 is 1.14 bits per heavy atom. The molecular weight excluding hydrogens is 392 g/mol. The number of sulfonamides is 1. The normalized spacial score (nSPS) is 17.0. The highest BCUT2D eigenvalue weighted by molar-refractivity contribution is 7.92. The highest BCUT2D eigenvalue weighted by atomic mass is 32.2. The summed E-state index contributed by atoms with van der Waals surface area (Å²) < 4.78 is 30.7. The summed E-state index contributed by atoms with van der Waals surface area (Å²) in [6.07, 6.45) is 4.33. The lowest BCUT2D eigenvalue weighted by Crippen LogP contribution is -2.36. The second kappa shape index (κ2) is 8.00. The van der Waals surface area contributed by atoms with Crippen molar-refractivity contribution < 1.29 is 17.9 Å². The van der Waals surface area contributed by atoms with Gasteiger partial charge in [0.1, 0.15) is 5.82 Å². The van der Waals surface area contributed by atoms with Gasteiger partial charge in [-0.05, 0) is 48.7 Å². The number of rotatable bonds is 4. The molecule has 29 heavy (non-hydrogen) atoms. The van der Waals surface area contributed by atoms with E-state index in [0.717, 1.165) is 37.3 Å². The van der Waals surface area contributed by atoms with Crippen LogP contribution in [-0.4, -0.2) is 58.4 Å². The summed E-state index contributed by atoms with van der Waals surface area (Å²) in [6.45, 7) is 3.46. The van der Waals surface area contributed by atoms with Crippen molar-refractivity contribution >= 4 is 33.1 Å². The van der Waals surface area contributed by atoms with Crippen molar-refractivity contribution in [1.82, 2.24) is 4.98 Å². The zero-order valence-electron chi connectivity index (χ0n) is 16.3. The Labute approximate surface area is 170 Å². The van der Waals surface area contributed by atoms with Crippen LogP contribution in [0.4, 0.5) is 17.2 Å². The number of hydrogen-bond donors (Lipinski definition) is 1. The van der Waals surface area contributed by atoms with Gasteiger partial charge in [-0.3, -0.25) is 9.10 Å². The number of aromatic nitrogens is 1. The number of morpholine rings is 1. The molecule has 2 aromatic rings. The molecule has 0 bridgehead atoms. The zero-order chi connectivity index (χ0) is 20.4. The van der Waals surface area contributed by atoms with Gasteiger partial charge in [0, 0.05) is 25.2 Å². The average molecular weight is 417 g/mol. The molecule has 8 nitrogen and oxygen atoms in total. The molecule has 154 valence electrons. The van der Waals surface area contributed by atoms with Crippen molar-refractivity contribution in [1.29, 1.82) is 0 Å². The number of hydrogen-bond acceptors (Lipinski definition) is 6. The highest BCUT2D eigenvalue weighted by Gasteiger charge is 2.24. The standard InChI is InChI=1S/C20H24N4O4S/c1-29(26,27)24-8-2-3-15-13-16(4-6-18(15)24)20(25)22-17-5-7-19(21-14-17)23-9-11-28-12-10-23/h4-7,13-14H,2-3,8-12H2,1H3,(H,22,25). The minimum Gasteiger partial charge on any atom is -0.378 e. The van der Waals surface area contributed by atoms with Gasteiger partial charge in [0.25, 0.3) is 5.91 Å². The summed E-state index contributed by atoms with van der Waals surface area (Å²) in [5.74, 6) is 0.617. The SMILES string of the molecule is CS(=O)(=O)N1CCCc2cc(C(=O)Nc3ccc(N4CCOCC4)nc3)ccc21. The van der Waals surface area contributed by atoms with Crippen molar-refractivity contribution in [2.75, 3.05) is 53.6 Å². The second-order valence-corrected chi connectivity index (χ2v) is 9.15. The van der Waals surface area contributed by atoms with Gasteiger partial charge in [-0.15, -0.1) is 0 Å². The lowest BCUT2D eigenvalue weighted by atomic mass is 10.0. The van der Waals surface area contributed by atoms with Crippen LogP contribution in [-0.2, 0) is 21.2 Å². The molecule has 0 spiro atoms. The van der Waals surface area contributed by atoms with Gasteiger partial charge in [0.15, 0.2) is 0 Å². The van der Waals surface area contributed by atoms with E-state index in [1.54, 1.807) is 24.4 Å². The van der Waals surface area contributed by atoms with Crippen molar-refractivity contribution in [2.24, 2.45) is 0 Å². The maximum atomic E-state index is 12.7. The first-order valence-electron chi connectivity index (χ1n) is 9.62. The molecule has 1 N–H and O–H groups in total. The van der Waals surface area contributed by atoms with Gasteiger partial charge in [0.05, 0.1) is 37.0 Å². The summed E-state index contributed by atoms with van der Waals surface area (Å²) in [7, 11) is -3.32. The molecule has 0 radical (unpaired) electrons. The summed E-state index contributed by atoms with van der Waals surface area (Å²) >= 11 is 0. The molecule has 1 amide bonds. The van der Waals surface area contributed by atoms with E-state index in [2.05, 4.69) is 15.2 Å². The number of nitrogens with zero attached hydrogens (tertiary/aromatic N) is 3. The minimum atomic E-state index is -3.32. The fourth-order valence-electron chi connectivity index (χ4n) is 3.69. The summed E-state index contributed by atoms with van der Waals surface area (Å²) in [5.41, 5.74) is 2.64. The van der Waals surface area contributed by atoms with Crippen molar-refractivity contribution in [2.45, 2.75) is 12.8 Å². The number of ether oxygens (including phenoxy) is 1. The van der Waals surface area contributed by atoms with Crippen LogP contribution < -0.4 is 14.5 Å². The number of aryl methyl sites for hydroxylation is 1. The minimum absolute atomic E-state index is 0.245. The number of amides is 1. The van der Waals surface area contributed by atoms with Crippen LogP contribution >= 0.6 is 0 Å². The molecule has 1 saturated heterocycles. The van der Waals surface area contributed by atoms with E-state index < -0.39 is 10.0 Å². The van der Waals surface area contributed by atoms with Gasteiger partial charge in [0.2, 0.25) is 10.0 Å². The molecule has 2 aliphatic heterocycles. The third kappa shape index (κ3) is 4.35. The molecule has 1 aromatic carbocycles. The van der Waals surface area contributed by atoms with Crippen molar-refractivity contribution in [3.8, 4) is 0 Å². The van der Waals surface area contributed by atoms with Gasteiger partial charge < -0.3 is 15.0 Å². The van der Waals surface area contributed by atoms with E-state index >= 15 is 0 Å². The molecule has 9 heteroatoms. The number of carbonyl (C=O) groups is 1. The Balaban J connectivity index is 1.47. The van der Waals surface area contributed by atoms with E-state index in [1.165, 1.54) is 10.6 Å². The van der Waals surface area contributed by atoms with E-state index in [-0.39, 0.29) is 5.91 Å². The zero-order valence-corrected chi connectivity index (χ0v) is 17.1. The number of carbonyl (C=O) groups excluding carboxylic acids is 1. The predicted molar refractivity (Wildman–Crippen MR) is 112 cm³/mol. The number of benzene rings is 1. The fraction of sp³-hybridized carbons (Fsp3) is 0.400. The van der Waals surface area contributed by atoms with E-state index in [4.69, 9.17) is 4.74 Å². The molecule has 0 saturated carbocycles. The van der Waals surface area contributed by atoms with Gasteiger partial charge >= 0.3 is 0 Å². The first-order valence-corrected chi connectivity index (χ1v) is 11.5. The Morgan fingerprint density at radius 2 is 1.93 bits per heavy atom.